The molecule has 0 aromatic heterocycles. The molecule has 176 valence electrons. The fraction of sp³-hybridized carbons (Fsp3) is 0.333. The van der Waals surface area contributed by atoms with Crippen LogP contribution in [-0.2, 0) is 20.8 Å². The predicted octanol–water partition coefficient (Wildman–Crippen LogP) is 2.15. The second kappa shape index (κ2) is 11.8. The number of amides is 3. The van der Waals surface area contributed by atoms with Crippen LogP contribution in [0.1, 0.15) is 36.7 Å². The molecule has 9 heteroatoms. The van der Waals surface area contributed by atoms with E-state index in [-0.39, 0.29) is 17.9 Å². The molecule has 33 heavy (non-hydrogen) atoms. The largest absolute Gasteiger partial charge is 0.345 e. The number of hydrogen-bond acceptors (Lipinski definition) is 4. The molecule has 3 N–H and O–H groups in total. The fourth-order valence-electron chi connectivity index (χ4n) is 2.97. The lowest BCUT2D eigenvalue weighted by Crippen LogP contribution is -2.55. The Labute approximate surface area is 190 Å². The first kappa shape index (κ1) is 25.6. The number of rotatable bonds is 10. The van der Waals surface area contributed by atoms with Crippen molar-refractivity contribution in [3.05, 3.63) is 71.3 Å². The highest BCUT2D eigenvalue weighted by Crippen LogP contribution is 2.12. The van der Waals surface area contributed by atoms with Gasteiger partial charge in [-0.3, -0.25) is 14.4 Å². The van der Waals surface area contributed by atoms with Gasteiger partial charge in [0.1, 0.15) is 18.4 Å². The Morgan fingerprint density at radius 2 is 1.55 bits per heavy atom. The summed E-state index contributed by atoms with van der Waals surface area (Å²) in [4.78, 5) is 49.1. The van der Waals surface area contributed by atoms with Gasteiger partial charge in [0.2, 0.25) is 11.8 Å². The molecule has 2 aromatic carbocycles. The van der Waals surface area contributed by atoms with Crippen LogP contribution in [0.4, 0.5) is 8.78 Å². The lowest BCUT2D eigenvalue weighted by molar-refractivity contribution is -0.130. The normalized spacial score (nSPS) is 13.5. The van der Waals surface area contributed by atoms with Gasteiger partial charge in [-0.1, -0.05) is 38.1 Å². The summed E-state index contributed by atoms with van der Waals surface area (Å²) in [5, 5.41) is 7.62. The third kappa shape index (κ3) is 7.48. The third-order valence-corrected chi connectivity index (χ3v) is 5.01. The van der Waals surface area contributed by atoms with Gasteiger partial charge in [0.25, 0.3) is 5.91 Å². The molecular formula is C24H27F2N3O4. The first-order valence-corrected chi connectivity index (χ1v) is 10.5. The zero-order valence-electron chi connectivity index (χ0n) is 18.6. The van der Waals surface area contributed by atoms with Gasteiger partial charge < -0.3 is 20.7 Å². The minimum absolute atomic E-state index is 0.138. The van der Waals surface area contributed by atoms with Crippen LogP contribution >= 0.6 is 0 Å². The van der Waals surface area contributed by atoms with Gasteiger partial charge in [-0.25, -0.2) is 8.78 Å². The van der Waals surface area contributed by atoms with E-state index in [0.717, 1.165) is 12.1 Å². The SMILES string of the molecule is CC(C)[C@@H](C=O)NC(=O)[C@H](C)NC(=O)C(Cc1ccc(F)c(F)c1)NC(=O)c1ccccc1. The van der Waals surface area contributed by atoms with E-state index >= 15 is 0 Å². The zero-order chi connectivity index (χ0) is 24.5. The van der Waals surface area contributed by atoms with Crippen LogP contribution in [0.2, 0.25) is 0 Å². The first-order valence-electron chi connectivity index (χ1n) is 10.5. The maximum absolute atomic E-state index is 13.7. The first-order chi connectivity index (χ1) is 15.6. The minimum atomic E-state index is -1.18. The van der Waals surface area contributed by atoms with Crippen molar-refractivity contribution in [2.45, 2.75) is 45.3 Å². The smallest absolute Gasteiger partial charge is 0.251 e. The summed E-state index contributed by atoms with van der Waals surface area (Å²) in [6.07, 6.45) is 0.474. The van der Waals surface area contributed by atoms with E-state index in [2.05, 4.69) is 16.0 Å². The maximum atomic E-state index is 13.7. The molecule has 3 amide bonds. The van der Waals surface area contributed by atoms with Crippen molar-refractivity contribution in [3.8, 4) is 0 Å². The number of hydrogen-bond donors (Lipinski definition) is 3. The molecule has 0 radical (unpaired) electrons. The van der Waals surface area contributed by atoms with Crippen molar-refractivity contribution in [1.82, 2.24) is 16.0 Å². The molecule has 0 heterocycles. The molecule has 0 aliphatic heterocycles. The van der Waals surface area contributed by atoms with Crippen LogP contribution in [0.3, 0.4) is 0 Å². The topological polar surface area (TPSA) is 104 Å². The van der Waals surface area contributed by atoms with Crippen molar-refractivity contribution >= 4 is 24.0 Å². The zero-order valence-corrected chi connectivity index (χ0v) is 18.6. The number of halogens is 2. The Morgan fingerprint density at radius 1 is 0.879 bits per heavy atom. The number of nitrogens with one attached hydrogen (secondary N) is 3. The lowest BCUT2D eigenvalue weighted by Gasteiger charge is -2.23. The van der Waals surface area contributed by atoms with Gasteiger partial charge in [0.15, 0.2) is 11.6 Å². The van der Waals surface area contributed by atoms with E-state index in [9.17, 15) is 28.0 Å². The molecule has 2 rings (SSSR count). The molecule has 1 unspecified atom stereocenters. The van der Waals surface area contributed by atoms with Crippen LogP contribution < -0.4 is 16.0 Å². The highest BCUT2D eigenvalue weighted by Gasteiger charge is 2.27. The average Bonchev–Trinajstić information content (AvgIpc) is 2.79. The third-order valence-electron chi connectivity index (χ3n) is 5.01. The van der Waals surface area contributed by atoms with Crippen LogP contribution in [-0.4, -0.2) is 42.1 Å². The van der Waals surface area contributed by atoms with E-state index < -0.39 is 47.5 Å². The van der Waals surface area contributed by atoms with Crippen molar-refractivity contribution in [1.29, 1.82) is 0 Å². The standard InChI is InChI=1S/C24H27F2N3O4/c1-14(2)21(13-30)29-22(31)15(3)27-24(33)20(12-16-9-10-18(25)19(26)11-16)28-23(32)17-7-5-4-6-8-17/h4-11,13-15,20-21H,12H2,1-3H3,(H,27,33)(H,28,32)(H,29,31)/t15-,20?,21+/m0/s1. The highest BCUT2D eigenvalue weighted by atomic mass is 19.2. The summed E-state index contributed by atoms with van der Waals surface area (Å²) in [6, 6.07) is 8.43. The number of benzene rings is 2. The second-order valence-electron chi connectivity index (χ2n) is 7.99. The van der Waals surface area contributed by atoms with E-state index in [4.69, 9.17) is 0 Å². The summed E-state index contributed by atoms with van der Waals surface area (Å²) in [5.41, 5.74) is 0.581. The Morgan fingerprint density at radius 3 is 2.12 bits per heavy atom. The fourth-order valence-corrected chi connectivity index (χ4v) is 2.97. The summed E-state index contributed by atoms with van der Waals surface area (Å²) < 4.78 is 26.9. The second-order valence-corrected chi connectivity index (χ2v) is 7.99. The number of aldehydes is 1. The molecule has 0 spiro atoms. The summed E-state index contributed by atoms with van der Waals surface area (Å²) in [7, 11) is 0. The van der Waals surface area contributed by atoms with Crippen LogP contribution in [0.15, 0.2) is 48.5 Å². The Kier molecular flexibility index (Phi) is 9.20. The molecule has 0 fully saturated rings. The minimum Gasteiger partial charge on any atom is -0.345 e. The van der Waals surface area contributed by atoms with E-state index in [0.29, 0.717) is 11.8 Å². The van der Waals surface area contributed by atoms with Gasteiger partial charge in [-0.2, -0.15) is 0 Å². The molecule has 7 nitrogen and oxygen atoms in total. The highest BCUT2D eigenvalue weighted by molar-refractivity contribution is 5.98. The molecule has 0 aliphatic carbocycles. The average molecular weight is 459 g/mol. The van der Waals surface area contributed by atoms with E-state index in [1.54, 1.807) is 44.2 Å². The van der Waals surface area contributed by atoms with Crippen LogP contribution in [0.5, 0.6) is 0 Å². The Bertz CT molecular complexity index is 998. The van der Waals surface area contributed by atoms with Gasteiger partial charge in [-0.15, -0.1) is 0 Å². The Balaban J connectivity index is 2.17. The van der Waals surface area contributed by atoms with Crippen molar-refractivity contribution in [2.24, 2.45) is 5.92 Å². The maximum Gasteiger partial charge on any atom is 0.251 e. The molecule has 2 aromatic rings. The quantitative estimate of drug-likeness (QED) is 0.474. The van der Waals surface area contributed by atoms with E-state index in [1.807, 2.05) is 0 Å². The molecule has 0 bridgehead atoms. The predicted molar refractivity (Wildman–Crippen MR) is 118 cm³/mol. The molecule has 0 saturated heterocycles. The summed E-state index contributed by atoms with van der Waals surface area (Å²) >= 11 is 0. The molecular weight excluding hydrogens is 432 g/mol. The van der Waals surface area contributed by atoms with Gasteiger partial charge in [0, 0.05) is 12.0 Å². The number of carbonyl (C=O) groups excluding carboxylic acids is 4. The van der Waals surface area contributed by atoms with E-state index in [1.165, 1.54) is 13.0 Å². The van der Waals surface area contributed by atoms with Crippen molar-refractivity contribution < 1.29 is 28.0 Å². The molecule has 0 aliphatic rings. The number of carbonyl (C=O) groups is 4. The van der Waals surface area contributed by atoms with Crippen molar-refractivity contribution in [3.63, 3.8) is 0 Å². The summed E-state index contributed by atoms with van der Waals surface area (Å²) in [5.74, 6) is -4.07. The van der Waals surface area contributed by atoms with Gasteiger partial charge in [0.05, 0.1) is 6.04 Å². The van der Waals surface area contributed by atoms with Gasteiger partial charge in [-0.05, 0) is 42.7 Å². The lowest BCUT2D eigenvalue weighted by atomic mass is 10.0. The molecule has 0 saturated carbocycles. The van der Waals surface area contributed by atoms with Gasteiger partial charge >= 0.3 is 0 Å². The Hall–Kier alpha value is -3.62. The van der Waals surface area contributed by atoms with Crippen LogP contribution in [0, 0.1) is 17.6 Å². The van der Waals surface area contributed by atoms with Crippen LogP contribution in [0.25, 0.3) is 0 Å². The summed E-state index contributed by atoms with van der Waals surface area (Å²) in [6.45, 7) is 4.96. The monoisotopic (exact) mass is 459 g/mol. The molecule has 3 atom stereocenters. The van der Waals surface area contributed by atoms with Crippen molar-refractivity contribution in [2.75, 3.05) is 0 Å².